The summed E-state index contributed by atoms with van der Waals surface area (Å²) in [7, 11) is 0. The van der Waals surface area contributed by atoms with E-state index in [0.29, 0.717) is 6.67 Å². The van der Waals surface area contributed by atoms with Crippen molar-refractivity contribution in [1.29, 1.82) is 0 Å². The minimum absolute atomic E-state index is 0.0557. The fraction of sp³-hybridized carbons (Fsp3) is 0.0674. The van der Waals surface area contributed by atoms with Gasteiger partial charge in [0.1, 0.15) is 24.0 Å². The van der Waals surface area contributed by atoms with E-state index in [0.717, 1.165) is 118 Å². The van der Waals surface area contributed by atoms with Gasteiger partial charge in [0.2, 0.25) is 0 Å². The largest absolute Gasteiger partial charge is 0.457 e. The maximum absolute atomic E-state index is 7.29. The van der Waals surface area contributed by atoms with Gasteiger partial charge in [0.25, 0.3) is 0 Å². The zero-order chi connectivity index (χ0) is 62.7. The first-order valence-corrected chi connectivity index (χ1v) is 32.6. The third kappa shape index (κ3) is 8.79. The summed E-state index contributed by atoms with van der Waals surface area (Å²) < 4.78 is 9.58. The van der Waals surface area contributed by atoms with Crippen LogP contribution in [0.15, 0.2) is 322 Å². The Kier molecular flexibility index (Phi) is 12.7. The number of fused-ring (bicyclic) bond motifs is 12. The molecule has 0 atom stereocenters. The maximum atomic E-state index is 7.29. The Morgan fingerprint density at radius 3 is 1.36 bits per heavy atom. The highest BCUT2D eigenvalue weighted by atomic mass is 16.5. The van der Waals surface area contributed by atoms with Gasteiger partial charge >= 0.3 is 0 Å². The van der Waals surface area contributed by atoms with Crippen LogP contribution in [0, 0.1) is 0 Å². The molecule has 0 radical (unpaired) electrons. The molecule has 0 N–H and O–H groups in total. The molecule has 13 aromatic carbocycles. The molecule has 18 rings (SSSR count). The fourth-order valence-electron chi connectivity index (χ4n) is 15.5. The summed E-state index contributed by atoms with van der Waals surface area (Å²) in [5.74, 6) is 2.38. The van der Waals surface area contributed by atoms with Gasteiger partial charge in [-0.25, -0.2) is 4.98 Å². The molecular weight excluding hydrogens is 1140 g/mol. The lowest BCUT2D eigenvalue weighted by atomic mass is 9.65. The van der Waals surface area contributed by atoms with Crippen molar-refractivity contribution in [3.63, 3.8) is 0 Å². The van der Waals surface area contributed by atoms with E-state index in [1.807, 2.05) is 6.20 Å². The quantitative estimate of drug-likeness (QED) is 0.137. The second-order valence-electron chi connectivity index (χ2n) is 26.2. The van der Waals surface area contributed by atoms with Crippen molar-refractivity contribution in [3.8, 4) is 95.2 Å². The Bertz CT molecular complexity index is 5190. The van der Waals surface area contributed by atoms with Crippen LogP contribution < -0.4 is 14.5 Å². The number of aromatic nitrogens is 2. The smallest absolute Gasteiger partial charge is 0.137 e. The van der Waals surface area contributed by atoms with Crippen LogP contribution in [0.5, 0.6) is 11.5 Å². The molecule has 1 aliphatic carbocycles. The number of nitrogens with zero attached hydrogens (tertiary/aromatic N) is 4. The fourth-order valence-corrected chi connectivity index (χ4v) is 15.5. The second-order valence-corrected chi connectivity index (χ2v) is 26.2. The van der Waals surface area contributed by atoms with Crippen LogP contribution in [0.2, 0.25) is 0 Å². The van der Waals surface area contributed by atoms with Gasteiger partial charge in [0.05, 0.1) is 39.2 Å². The second kappa shape index (κ2) is 21.7. The van der Waals surface area contributed by atoms with E-state index in [2.05, 4.69) is 351 Å². The predicted molar refractivity (Wildman–Crippen MR) is 389 cm³/mol. The van der Waals surface area contributed by atoms with Crippen molar-refractivity contribution in [3.05, 3.63) is 349 Å². The van der Waals surface area contributed by atoms with Crippen LogP contribution in [0.25, 0.3) is 106 Å². The average molecular weight is 1210 g/mol. The highest BCUT2D eigenvalue weighted by Gasteiger charge is 2.54. The topological polar surface area (TPSA) is 33.5 Å². The molecule has 94 heavy (non-hydrogen) atoms. The van der Waals surface area contributed by atoms with Crippen molar-refractivity contribution in [2.24, 2.45) is 0 Å². The third-order valence-corrected chi connectivity index (χ3v) is 19.8. The lowest BCUT2D eigenvalue weighted by Gasteiger charge is -2.43. The average Bonchev–Trinajstić information content (AvgIpc) is 1.48. The molecule has 5 heteroatoms. The number of ether oxygens (including phenoxy) is 1. The lowest BCUT2D eigenvalue weighted by molar-refractivity contribution is 0.482. The van der Waals surface area contributed by atoms with Gasteiger partial charge in [0.15, 0.2) is 0 Å². The van der Waals surface area contributed by atoms with Crippen LogP contribution in [0.3, 0.4) is 0 Å². The number of hydrogen-bond donors (Lipinski definition) is 0. The molecule has 2 aromatic heterocycles. The molecule has 4 heterocycles. The van der Waals surface area contributed by atoms with Crippen LogP contribution in [0.4, 0.5) is 22.7 Å². The van der Waals surface area contributed by atoms with Crippen LogP contribution in [-0.4, -0.2) is 16.2 Å². The predicted octanol–water partition coefficient (Wildman–Crippen LogP) is 23.2. The Morgan fingerprint density at radius 2 is 0.787 bits per heavy atom. The van der Waals surface area contributed by atoms with Crippen LogP contribution in [-0.2, 0) is 10.8 Å². The van der Waals surface area contributed by atoms with Gasteiger partial charge in [-0.1, -0.05) is 245 Å². The monoisotopic (exact) mass is 1200 g/mol. The number of benzene rings is 13. The van der Waals surface area contributed by atoms with Gasteiger partial charge in [-0.3, -0.25) is 4.57 Å². The molecule has 446 valence electrons. The first-order chi connectivity index (χ1) is 46.2. The number of anilines is 4. The number of pyridine rings is 1. The number of rotatable bonds is 10. The Balaban J connectivity index is 0.871. The lowest BCUT2D eigenvalue weighted by Crippen LogP contribution is -2.37. The highest BCUT2D eigenvalue weighted by Crippen LogP contribution is 2.66. The summed E-state index contributed by atoms with van der Waals surface area (Å²) in [4.78, 5) is 10.2. The van der Waals surface area contributed by atoms with E-state index in [-0.39, 0.29) is 5.41 Å². The van der Waals surface area contributed by atoms with Gasteiger partial charge in [-0.05, 0) is 179 Å². The molecule has 3 aliphatic rings. The van der Waals surface area contributed by atoms with Gasteiger partial charge < -0.3 is 14.5 Å². The summed E-state index contributed by atoms with van der Waals surface area (Å²) in [6, 6.07) is 116. The minimum Gasteiger partial charge on any atom is -0.457 e. The van der Waals surface area contributed by atoms with Crippen molar-refractivity contribution in [2.45, 2.75) is 31.6 Å². The molecule has 0 unspecified atom stereocenters. The first-order valence-electron chi connectivity index (χ1n) is 32.6. The van der Waals surface area contributed by atoms with Crippen molar-refractivity contribution >= 4 is 44.6 Å². The molecule has 0 saturated heterocycles. The molecule has 15 aromatic rings. The molecule has 1 spiro atoms. The van der Waals surface area contributed by atoms with Crippen molar-refractivity contribution in [2.75, 3.05) is 16.5 Å². The van der Waals surface area contributed by atoms with Crippen LogP contribution in [0.1, 0.15) is 48.6 Å². The highest BCUT2D eigenvalue weighted by molar-refractivity contribution is 6.10. The summed E-state index contributed by atoms with van der Waals surface area (Å²) in [6.07, 6.45) is 1.94. The molecule has 5 nitrogen and oxygen atoms in total. The molecule has 0 fully saturated rings. The zero-order valence-electron chi connectivity index (χ0n) is 52.5. The SMILES string of the molecule is CC(C)(C)c1ccnc(-n2c3ccccc3c3ccc(Oc4ccc5c(c4)N4CN(c6c(-c7cc(-c8ccccc8)cc(-c8ccccc8)c7)cccc6-c6cc(-c7ccccc7)cc(-c7ccccc7)c6)c6cccc(c64)C54c5ccccc5-c5ccccc54)cc32)c1. The zero-order valence-corrected chi connectivity index (χ0v) is 52.5. The van der Waals surface area contributed by atoms with Crippen molar-refractivity contribution in [1.82, 2.24) is 9.55 Å². The number of hydrogen-bond acceptors (Lipinski definition) is 4. The van der Waals surface area contributed by atoms with Gasteiger partial charge in [-0.2, -0.15) is 0 Å². The maximum Gasteiger partial charge on any atom is 0.137 e. The van der Waals surface area contributed by atoms with Crippen LogP contribution >= 0.6 is 0 Å². The van der Waals surface area contributed by atoms with E-state index < -0.39 is 5.41 Å². The van der Waals surface area contributed by atoms with Crippen molar-refractivity contribution < 1.29 is 4.74 Å². The molecule has 0 bridgehead atoms. The molecular formula is C89H64N4O. The minimum atomic E-state index is -0.668. The van der Waals surface area contributed by atoms with E-state index in [4.69, 9.17) is 9.72 Å². The molecule has 2 aliphatic heterocycles. The normalized spacial score (nSPS) is 13.3. The summed E-state index contributed by atoms with van der Waals surface area (Å²) in [5, 5.41) is 2.31. The standard InChI is InChI=1S/C89H64N4O/c1-88(2,3)68-46-47-90-85(54-68)93-81-40-21-18-34-75(81)76-44-42-69(55-83(76)93)94-70-43-45-79-84(56-70)92-57-91(82-41-23-39-80(87(82)92)89(79)77-37-19-16-32-73(77)74-33-17-20-38-78(74)89)86-71(66-50-62(58-24-8-4-9-25-58)48-63(51-66)59-26-10-5-11-27-59)35-22-36-72(86)67-52-64(60-28-12-6-13-29-60)49-65(53-67)61-30-14-7-15-31-61/h4-56H,57H2,1-3H3. The Morgan fingerprint density at radius 1 is 0.330 bits per heavy atom. The first kappa shape index (κ1) is 55.1. The van der Waals surface area contributed by atoms with Gasteiger partial charge in [-0.15, -0.1) is 0 Å². The van der Waals surface area contributed by atoms with Gasteiger partial charge in [0, 0.05) is 40.2 Å². The number of para-hydroxylation sites is 3. The Labute approximate surface area is 548 Å². The summed E-state index contributed by atoms with van der Waals surface area (Å²) in [6.45, 7) is 7.29. The van der Waals surface area contributed by atoms with E-state index >= 15 is 0 Å². The third-order valence-electron chi connectivity index (χ3n) is 19.8. The summed E-state index contributed by atoms with van der Waals surface area (Å²) >= 11 is 0. The van der Waals surface area contributed by atoms with E-state index in [9.17, 15) is 0 Å². The molecule has 0 amide bonds. The molecule has 0 saturated carbocycles. The van der Waals surface area contributed by atoms with E-state index in [1.54, 1.807) is 0 Å². The van der Waals surface area contributed by atoms with E-state index in [1.165, 1.54) is 50.0 Å². The summed E-state index contributed by atoms with van der Waals surface area (Å²) in [5.41, 5.74) is 28.5. The Hall–Kier alpha value is -11.8.